The molecule has 1 aliphatic rings. The van der Waals surface area contributed by atoms with E-state index in [-0.39, 0.29) is 5.91 Å². The number of rotatable bonds is 4. The Balaban J connectivity index is 1.60. The van der Waals surface area contributed by atoms with Gasteiger partial charge in [-0.15, -0.1) is 0 Å². The van der Waals surface area contributed by atoms with E-state index in [0.717, 1.165) is 0 Å². The molecule has 4 atom stereocenters. The van der Waals surface area contributed by atoms with Crippen molar-refractivity contribution in [3.05, 3.63) is 60.4 Å². The number of aliphatic hydroxyl groups is 2. The van der Waals surface area contributed by atoms with Gasteiger partial charge in [0.15, 0.2) is 0 Å². The van der Waals surface area contributed by atoms with Crippen molar-refractivity contribution in [1.29, 1.82) is 0 Å². The van der Waals surface area contributed by atoms with E-state index in [9.17, 15) is 15.0 Å². The fraction of sp³-hybridized carbons (Fsp3) is 0.333. The topological polar surface area (TPSA) is 91.7 Å². The van der Waals surface area contributed by atoms with E-state index in [1.54, 1.807) is 30.5 Å². The fourth-order valence-electron chi connectivity index (χ4n) is 2.85. The zero-order valence-corrected chi connectivity index (χ0v) is 13.1. The molecule has 126 valence electrons. The van der Waals surface area contributed by atoms with Crippen molar-refractivity contribution >= 4 is 5.91 Å². The van der Waals surface area contributed by atoms with Gasteiger partial charge in [0.2, 0.25) is 0 Å². The van der Waals surface area contributed by atoms with Gasteiger partial charge in [-0.25, -0.2) is 0 Å². The first-order valence-electron chi connectivity index (χ1n) is 7.94. The lowest BCUT2D eigenvalue weighted by molar-refractivity contribution is -0.0874. The lowest BCUT2D eigenvalue weighted by atomic mass is 9.87. The Kier molecular flexibility index (Phi) is 5.08. The van der Waals surface area contributed by atoms with E-state index in [2.05, 4.69) is 10.3 Å². The van der Waals surface area contributed by atoms with E-state index in [1.165, 1.54) is 6.20 Å². The molecule has 6 nitrogen and oxygen atoms in total. The van der Waals surface area contributed by atoms with Crippen LogP contribution in [0.15, 0.2) is 54.9 Å². The second kappa shape index (κ2) is 7.42. The molecule has 0 spiro atoms. The molecule has 1 aliphatic carbocycles. The van der Waals surface area contributed by atoms with Crippen LogP contribution >= 0.6 is 0 Å². The minimum atomic E-state index is -1.09. The standard InChI is InChI=1S/C18H20N2O4/c21-16-14(20-18(23)12-5-4-10-19-11-12)8-9-15(17(16)22)24-13-6-2-1-3-7-13/h1-7,10-11,14-17,21-22H,8-9H2,(H,20,23)/t14-,15-,16-,17-/m1/s1. The molecule has 3 N–H and O–H groups in total. The highest BCUT2D eigenvalue weighted by Gasteiger charge is 2.39. The Morgan fingerprint density at radius 3 is 2.58 bits per heavy atom. The van der Waals surface area contributed by atoms with Crippen LogP contribution in [0.2, 0.25) is 0 Å². The van der Waals surface area contributed by atoms with Gasteiger partial charge in [-0.3, -0.25) is 9.78 Å². The van der Waals surface area contributed by atoms with E-state index in [4.69, 9.17) is 4.74 Å². The number of ether oxygens (including phenoxy) is 1. The summed E-state index contributed by atoms with van der Waals surface area (Å²) in [6, 6.07) is 12.0. The quantitative estimate of drug-likeness (QED) is 0.783. The summed E-state index contributed by atoms with van der Waals surface area (Å²) < 4.78 is 5.74. The second-order valence-electron chi connectivity index (χ2n) is 5.85. The fourth-order valence-corrected chi connectivity index (χ4v) is 2.85. The van der Waals surface area contributed by atoms with Gasteiger partial charge in [0, 0.05) is 12.4 Å². The number of aliphatic hydroxyl groups excluding tert-OH is 2. The molecule has 0 bridgehead atoms. The molecule has 1 fully saturated rings. The predicted octanol–water partition coefficient (Wildman–Crippen LogP) is 1.14. The second-order valence-corrected chi connectivity index (χ2v) is 5.85. The molecule has 1 aromatic heterocycles. The van der Waals surface area contributed by atoms with Gasteiger partial charge in [-0.1, -0.05) is 18.2 Å². The van der Waals surface area contributed by atoms with Crippen molar-refractivity contribution in [2.45, 2.75) is 37.2 Å². The maximum absolute atomic E-state index is 12.2. The average Bonchev–Trinajstić information content (AvgIpc) is 2.63. The Morgan fingerprint density at radius 2 is 1.88 bits per heavy atom. The first-order chi connectivity index (χ1) is 11.6. The minimum Gasteiger partial charge on any atom is -0.488 e. The number of nitrogens with zero attached hydrogens (tertiary/aromatic N) is 1. The molecule has 1 aromatic carbocycles. The first-order valence-corrected chi connectivity index (χ1v) is 7.94. The average molecular weight is 328 g/mol. The SMILES string of the molecule is O=C(N[C@@H]1CC[C@@H](Oc2ccccc2)[C@@H](O)[C@@H]1O)c1cccnc1. The Labute approximate surface area is 140 Å². The zero-order chi connectivity index (χ0) is 16.9. The molecule has 2 aromatic rings. The van der Waals surface area contributed by atoms with Crippen LogP contribution in [0.1, 0.15) is 23.2 Å². The first kappa shape index (κ1) is 16.4. The van der Waals surface area contributed by atoms with Crippen LogP contribution < -0.4 is 10.1 Å². The molecular weight excluding hydrogens is 308 g/mol. The van der Waals surface area contributed by atoms with Crippen molar-refractivity contribution in [2.75, 3.05) is 0 Å². The number of carbonyl (C=O) groups is 1. The zero-order valence-electron chi connectivity index (χ0n) is 13.1. The maximum atomic E-state index is 12.2. The highest BCUT2D eigenvalue weighted by Crippen LogP contribution is 2.25. The largest absolute Gasteiger partial charge is 0.488 e. The third-order valence-corrected chi connectivity index (χ3v) is 4.18. The molecule has 24 heavy (non-hydrogen) atoms. The summed E-state index contributed by atoms with van der Waals surface area (Å²) >= 11 is 0. The van der Waals surface area contributed by atoms with Gasteiger partial charge in [0.05, 0.1) is 11.6 Å². The Bertz CT molecular complexity index is 665. The van der Waals surface area contributed by atoms with Crippen molar-refractivity contribution in [3.63, 3.8) is 0 Å². The third kappa shape index (κ3) is 3.72. The van der Waals surface area contributed by atoms with E-state index in [1.807, 2.05) is 18.2 Å². The van der Waals surface area contributed by atoms with Crippen LogP contribution in [0.3, 0.4) is 0 Å². The van der Waals surface area contributed by atoms with E-state index >= 15 is 0 Å². The van der Waals surface area contributed by atoms with Gasteiger partial charge in [-0.05, 0) is 37.1 Å². The van der Waals surface area contributed by atoms with Crippen LogP contribution in [-0.2, 0) is 0 Å². The molecular formula is C18H20N2O4. The van der Waals surface area contributed by atoms with Crippen LogP contribution in [0.4, 0.5) is 0 Å². The molecule has 6 heteroatoms. The smallest absolute Gasteiger partial charge is 0.253 e. The summed E-state index contributed by atoms with van der Waals surface area (Å²) in [5.41, 5.74) is 0.418. The summed E-state index contributed by atoms with van der Waals surface area (Å²) in [7, 11) is 0. The number of carbonyl (C=O) groups excluding carboxylic acids is 1. The predicted molar refractivity (Wildman–Crippen MR) is 87.6 cm³/mol. The van der Waals surface area contributed by atoms with Crippen LogP contribution in [0.5, 0.6) is 5.75 Å². The summed E-state index contributed by atoms with van der Waals surface area (Å²) in [5.74, 6) is 0.327. The Morgan fingerprint density at radius 1 is 1.08 bits per heavy atom. The molecule has 0 aliphatic heterocycles. The van der Waals surface area contributed by atoms with Gasteiger partial charge in [0.1, 0.15) is 24.1 Å². The lowest BCUT2D eigenvalue weighted by Crippen LogP contribution is -2.57. The number of benzene rings is 1. The normalized spacial score (nSPS) is 26.6. The van der Waals surface area contributed by atoms with Crippen LogP contribution in [0.25, 0.3) is 0 Å². The van der Waals surface area contributed by atoms with Crippen molar-refractivity contribution in [3.8, 4) is 5.75 Å². The highest BCUT2D eigenvalue weighted by atomic mass is 16.5. The number of pyridine rings is 1. The molecule has 1 amide bonds. The monoisotopic (exact) mass is 328 g/mol. The molecule has 0 saturated heterocycles. The molecule has 1 saturated carbocycles. The van der Waals surface area contributed by atoms with Crippen molar-refractivity contribution in [1.82, 2.24) is 10.3 Å². The van der Waals surface area contributed by atoms with Gasteiger partial charge in [0.25, 0.3) is 5.91 Å². The highest BCUT2D eigenvalue weighted by molar-refractivity contribution is 5.94. The lowest BCUT2D eigenvalue weighted by Gasteiger charge is -2.37. The summed E-state index contributed by atoms with van der Waals surface area (Å²) in [4.78, 5) is 16.1. The maximum Gasteiger partial charge on any atom is 0.253 e. The van der Waals surface area contributed by atoms with Crippen LogP contribution in [-0.4, -0.2) is 45.5 Å². The summed E-state index contributed by atoms with van der Waals surface area (Å²) in [6.45, 7) is 0. The minimum absolute atomic E-state index is 0.318. The molecule has 3 rings (SSSR count). The molecule has 1 heterocycles. The number of aromatic nitrogens is 1. The van der Waals surface area contributed by atoms with Crippen molar-refractivity contribution < 1.29 is 19.7 Å². The van der Waals surface area contributed by atoms with E-state index in [0.29, 0.717) is 24.2 Å². The molecule has 0 unspecified atom stereocenters. The molecule has 0 radical (unpaired) electrons. The van der Waals surface area contributed by atoms with Gasteiger partial charge < -0.3 is 20.3 Å². The number of hydrogen-bond donors (Lipinski definition) is 3. The van der Waals surface area contributed by atoms with Crippen molar-refractivity contribution in [2.24, 2.45) is 0 Å². The Hall–Kier alpha value is -2.44. The van der Waals surface area contributed by atoms with Crippen LogP contribution in [0, 0.1) is 0 Å². The third-order valence-electron chi connectivity index (χ3n) is 4.18. The number of nitrogens with one attached hydrogen (secondary N) is 1. The van der Waals surface area contributed by atoms with Gasteiger partial charge >= 0.3 is 0 Å². The van der Waals surface area contributed by atoms with E-state index < -0.39 is 24.4 Å². The summed E-state index contributed by atoms with van der Waals surface area (Å²) in [6.07, 6.45) is 1.43. The number of amides is 1. The number of para-hydroxylation sites is 1. The number of hydrogen-bond acceptors (Lipinski definition) is 5. The summed E-state index contributed by atoms with van der Waals surface area (Å²) in [5, 5.41) is 23.4. The van der Waals surface area contributed by atoms with Gasteiger partial charge in [-0.2, -0.15) is 0 Å².